The number of aliphatic hydroxyl groups is 1. The normalized spacial score (nSPS) is 16.8. The molecular weight excluding hydrogens is 379 g/mol. The third kappa shape index (κ3) is 4.02. The van der Waals surface area contributed by atoms with Gasteiger partial charge in [-0.05, 0) is 36.8 Å². The van der Waals surface area contributed by atoms with Gasteiger partial charge < -0.3 is 5.11 Å². The van der Waals surface area contributed by atoms with Crippen LogP contribution in [0.15, 0.2) is 67.0 Å². The zero-order valence-electron chi connectivity index (χ0n) is 15.5. The van der Waals surface area contributed by atoms with Crippen LogP contribution in [0.1, 0.15) is 35.4 Å². The molecule has 4 nitrogen and oxygen atoms in total. The maximum atomic E-state index is 13.2. The molecular formula is C22H20F3N3O. The van der Waals surface area contributed by atoms with E-state index in [0.29, 0.717) is 16.8 Å². The lowest BCUT2D eigenvalue weighted by Crippen LogP contribution is -2.43. The molecule has 1 aliphatic rings. The average Bonchev–Trinajstić information content (AvgIpc) is 2.70. The summed E-state index contributed by atoms with van der Waals surface area (Å²) >= 11 is 0. The minimum atomic E-state index is -4.45. The summed E-state index contributed by atoms with van der Waals surface area (Å²) < 4.78 is 39.5. The summed E-state index contributed by atoms with van der Waals surface area (Å²) in [6.07, 6.45) is -1.21. The Morgan fingerprint density at radius 1 is 0.931 bits per heavy atom. The summed E-state index contributed by atoms with van der Waals surface area (Å²) in [6.45, 7) is 1.66. The van der Waals surface area contributed by atoms with E-state index in [9.17, 15) is 18.3 Å². The molecule has 0 saturated carbocycles. The molecule has 0 aliphatic carbocycles. The third-order valence-electron chi connectivity index (χ3n) is 5.19. The van der Waals surface area contributed by atoms with E-state index in [0.717, 1.165) is 37.3 Å². The Balaban J connectivity index is 1.76. The first-order chi connectivity index (χ1) is 13.9. The SMILES string of the molecule is OC(c1cccnc1-c1cccc(C(F)(F)F)c1)C(c1ccccn1)N1CCC1. The van der Waals surface area contributed by atoms with Gasteiger partial charge in [-0.3, -0.25) is 14.9 Å². The van der Waals surface area contributed by atoms with Crippen molar-refractivity contribution in [2.75, 3.05) is 13.1 Å². The van der Waals surface area contributed by atoms with Gasteiger partial charge in [0.1, 0.15) is 6.10 Å². The number of pyridine rings is 2. The van der Waals surface area contributed by atoms with Crippen LogP contribution in [-0.4, -0.2) is 33.1 Å². The molecule has 1 fully saturated rings. The topological polar surface area (TPSA) is 49.3 Å². The zero-order chi connectivity index (χ0) is 20.4. The van der Waals surface area contributed by atoms with Gasteiger partial charge in [-0.2, -0.15) is 13.2 Å². The van der Waals surface area contributed by atoms with E-state index in [1.54, 1.807) is 30.5 Å². The van der Waals surface area contributed by atoms with Crippen molar-refractivity contribution in [1.29, 1.82) is 0 Å². The molecule has 2 aromatic heterocycles. The predicted molar refractivity (Wildman–Crippen MR) is 103 cm³/mol. The van der Waals surface area contributed by atoms with E-state index in [-0.39, 0.29) is 0 Å². The maximum Gasteiger partial charge on any atom is 0.416 e. The lowest BCUT2D eigenvalue weighted by molar-refractivity contribution is -0.137. The number of hydrogen-bond donors (Lipinski definition) is 1. The first-order valence-corrected chi connectivity index (χ1v) is 9.41. The second-order valence-electron chi connectivity index (χ2n) is 7.05. The number of alkyl halides is 3. The molecule has 1 aromatic carbocycles. The largest absolute Gasteiger partial charge is 0.416 e. The van der Waals surface area contributed by atoms with Crippen molar-refractivity contribution in [3.63, 3.8) is 0 Å². The van der Waals surface area contributed by atoms with Crippen molar-refractivity contribution < 1.29 is 18.3 Å². The van der Waals surface area contributed by atoms with Crippen LogP contribution in [-0.2, 0) is 6.18 Å². The van der Waals surface area contributed by atoms with Gasteiger partial charge in [0.05, 0.1) is 23.0 Å². The van der Waals surface area contributed by atoms with Crippen molar-refractivity contribution in [2.24, 2.45) is 0 Å². The standard InChI is InChI=1S/C22H20F3N3O/c23-22(24,25)16-7-3-6-15(14-16)19-17(8-4-11-27-19)21(29)20(28-12-5-13-28)18-9-1-2-10-26-18/h1-4,6-11,14,20-21,29H,5,12-13H2. The van der Waals surface area contributed by atoms with Crippen LogP contribution < -0.4 is 0 Å². The highest BCUT2D eigenvalue weighted by Gasteiger charge is 2.35. The van der Waals surface area contributed by atoms with Crippen molar-refractivity contribution in [3.8, 4) is 11.3 Å². The molecule has 0 bridgehead atoms. The summed E-state index contributed by atoms with van der Waals surface area (Å²) in [5, 5.41) is 11.3. The Morgan fingerprint density at radius 3 is 2.38 bits per heavy atom. The van der Waals surface area contributed by atoms with Crippen LogP contribution in [0.2, 0.25) is 0 Å². The summed E-state index contributed by atoms with van der Waals surface area (Å²) in [4.78, 5) is 10.8. The highest BCUT2D eigenvalue weighted by atomic mass is 19.4. The number of hydrogen-bond acceptors (Lipinski definition) is 4. The molecule has 3 aromatic rings. The van der Waals surface area contributed by atoms with E-state index in [4.69, 9.17) is 0 Å². The van der Waals surface area contributed by atoms with Crippen molar-refractivity contribution in [3.05, 3.63) is 83.8 Å². The van der Waals surface area contributed by atoms with Gasteiger partial charge in [0.2, 0.25) is 0 Å². The van der Waals surface area contributed by atoms with Gasteiger partial charge in [-0.15, -0.1) is 0 Å². The van der Waals surface area contributed by atoms with Gasteiger partial charge >= 0.3 is 6.18 Å². The molecule has 1 aliphatic heterocycles. The number of benzene rings is 1. The second kappa shape index (κ2) is 7.93. The number of aliphatic hydroxyl groups excluding tert-OH is 1. The monoisotopic (exact) mass is 399 g/mol. The number of halogens is 3. The molecule has 0 spiro atoms. The van der Waals surface area contributed by atoms with Crippen molar-refractivity contribution in [2.45, 2.75) is 24.7 Å². The van der Waals surface area contributed by atoms with Gasteiger partial charge in [-0.25, -0.2) is 0 Å². The first-order valence-electron chi connectivity index (χ1n) is 9.41. The molecule has 1 N–H and O–H groups in total. The average molecular weight is 399 g/mol. The molecule has 1 saturated heterocycles. The van der Waals surface area contributed by atoms with E-state index < -0.39 is 23.9 Å². The zero-order valence-corrected chi connectivity index (χ0v) is 15.5. The number of likely N-dealkylation sites (tertiary alicyclic amines) is 1. The minimum Gasteiger partial charge on any atom is -0.386 e. The quantitative estimate of drug-likeness (QED) is 0.679. The maximum absolute atomic E-state index is 13.2. The van der Waals surface area contributed by atoms with Gasteiger partial charge in [-0.1, -0.05) is 24.3 Å². The number of aromatic nitrogens is 2. The van der Waals surface area contributed by atoms with Gasteiger partial charge in [0.25, 0.3) is 0 Å². The fourth-order valence-corrected chi connectivity index (χ4v) is 3.63. The molecule has 7 heteroatoms. The van der Waals surface area contributed by atoms with Crippen LogP contribution in [0.3, 0.4) is 0 Å². The van der Waals surface area contributed by atoms with Gasteiger partial charge in [0.15, 0.2) is 0 Å². The van der Waals surface area contributed by atoms with Crippen LogP contribution in [0.4, 0.5) is 13.2 Å². The third-order valence-corrected chi connectivity index (χ3v) is 5.19. The van der Waals surface area contributed by atoms with Crippen LogP contribution in [0, 0.1) is 0 Å². The molecule has 0 radical (unpaired) electrons. The Labute approximate surface area is 166 Å². The fourth-order valence-electron chi connectivity index (χ4n) is 3.63. The molecule has 2 atom stereocenters. The number of rotatable bonds is 5. The van der Waals surface area contributed by atoms with E-state index in [1.807, 2.05) is 12.1 Å². The predicted octanol–water partition coefficient (Wildman–Crippen LogP) is 4.64. The molecule has 2 unspecified atom stereocenters. The van der Waals surface area contributed by atoms with Gasteiger partial charge in [0, 0.05) is 36.6 Å². The summed E-state index contributed by atoms with van der Waals surface area (Å²) in [6, 6.07) is 13.6. The van der Waals surface area contributed by atoms with E-state index in [2.05, 4.69) is 14.9 Å². The summed E-state index contributed by atoms with van der Waals surface area (Å²) in [5.41, 5.74) is 1.11. The van der Waals surface area contributed by atoms with Crippen molar-refractivity contribution in [1.82, 2.24) is 14.9 Å². The van der Waals surface area contributed by atoms with Crippen LogP contribution in [0.25, 0.3) is 11.3 Å². The molecule has 150 valence electrons. The van der Waals surface area contributed by atoms with E-state index in [1.165, 1.54) is 12.3 Å². The van der Waals surface area contributed by atoms with Crippen LogP contribution in [0.5, 0.6) is 0 Å². The second-order valence-corrected chi connectivity index (χ2v) is 7.05. The summed E-state index contributed by atoms with van der Waals surface area (Å²) in [5.74, 6) is 0. The molecule has 4 rings (SSSR count). The molecule has 3 heterocycles. The van der Waals surface area contributed by atoms with E-state index >= 15 is 0 Å². The lowest BCUT2D eigenvalue weighted by atomic mass is 9.92. The highest BCUT2D eigenvalue weighted by Crippen LogP contribution is 2.40. The summed E-state index contributed by atoms with van der Waals surface area (Å²) in [7, 11) is 0. The van der Waals surface area contributed by atoms with Crippen LogP contribution >= 0.6 is 0 Å². The Morgan fingerprint density at radius 2 is 1.72 bits per heavy atom. The lowest BCUT2D eigenvalue weighted by Gasteiger charge is -2.40. The highest BCUT2D eigenvalue weighted by molar-refractivity contribution is 5.64. The minimum absolute atomic E-state index is 0.317. The first kappa shape index (κ1) is 19.5. The molecule has 29 heavy (non-hydrogen) atoms. The van der Waals surface area contributed by atoms with Crippen molar-refractivity contribution >= 4 is 0 Å². The Bertz CT molecular complexity index is 974. The Hall–Kier alpha value is -2.77. The fraction of sp³-hybridized carbons (Fsp3) is 0.273. The Kier molecular flexibility index (Phi) is 5.34. The smallest absolute Gasteiger partial charge is 0.386 e. The molecule has 0 amide bonds. The number of nitrogens with zero attached hydrogens (tertiary/aromatic N) is 3.